The number of thiophene rings is 1. The highest BCUT2D eigenvalue weighted by atomic mass is 35.5. The molecule has 3 aromatic rings. The van der Waals surface area contributed by atoms with Crippen LogP contribution in [0.3, 0.4) is 0 Å². The number of nitrogens with zero attached hydrogens (tertiary/aromatic N) is 2. The molecule has 2 heterocycles. The molecular weight excluding hydrogens is 283 g/mol. The summed E-state index contributed by atoms with van der Waals surface area (Å²) in [7, 11) is 0. The lowest BCUT2D eigenvalue weighted by atomic mass is 10.1. The maximum Gasteiger partial charge on any atom is 0.141 e. The fraction of sp³-hybridized carbons (Fsp3) is 0.143. The monoisotopic (exact) mass is 292 g/mol. The van der Waals surface area contributed by atoms with E-state index in [4.69, 9.17) is 11.6 Å². The van der Waals surface area contributed by atoms with Crippen molar-refractivity contribution in [3.05, 3.63) is 57.6 Å². The second-order valence-electron chi connectivity index (χ2n) is 4.27. The highest BCUT2D eigenvalue weighted by Gasteiger charge is 2.10. The third-order valence-corrected chi connectivity index (χ3v) is 4.05. The largest absolute Gasteiger partial charge is 0.222 e. The lowest BCUT2D eigenvalue weighted by Crippen LogP contribution is -1.98. The molecule has 0 aliphatic carbocycles. The van der Waals surface area contributed by atoms with Crippen LogP contribution < -0.4 is 0 Å². The predicted octanol–water partition coefficient (Wildman–Crippen LogP) is 4.38. The minimum Gasteiger partial charge on any atom is -0.222 e. The molecule has 2 nitrogen and oxygen atoms in total. The first kappa shape index (κ1) is 12.5. The van der Waals surface area contributed by atoms with Gasteiger partial charge >= 0.3 is 0 Å². The van der Waals surface area contributed by atoms with E-state index in [0.717, 1.165) is 15.1 Å². The minimum absolute atomic E-state index is 0.246. The molecule has 0 bridgehead atoms. The van der Waals surface area contributed by atoms with E-state index in [9.17, 15) is 4.39 Å². The van der Waals surface area contributed by atoms with Crippen LogP contribution in [0.1, 0.15) is 16.3 Å². The Hall–Kier alpha value is -1.52. The zero-order valence-electron chi connectivity index (χ0n) is 10.2. The zero-order chi connectivity index (χ0) is 13.4. The number of hydrogen-bond donors (Lipinski definition) is 0. The van der Waals surface area contributed by atoms with Crippen molar-refractivity contribution in [3.8, 4) is 0 Å². The van der Waals surface area contributed by atoms with Gasteiger partial charge in [-0.1, -0.05) is 29.8 Å². The van der Waals surface area contributed by atoms with Gasteiger partial charge in [0.2, 0.25) is 0 Å². The average Bonchev–Trinajstić information content (AvgIpc) is 2.73. The summed E-state index contributed by atoms with van der Waals surface area (Å²) in [4.78, 5) is 10.7. The Balaban J connectivity index is 2.04. The number of halogens is 2. The molecule has 0 atom stereocenters. The Bertz CT molecular complexity index is 754. The molecule has 0 N–H and O–H groups in total. The van der Waals surface area contributed by atoms with Gasteiger partial charge in [-0.15, -0.1) is 11.3 Å². The van der Waals surface area contributed by atoms with Crippen LogP contribution in [-0.2, 0) is 6.42 Å². The number of benzene rings is 1. The van der Waals surface area contributed by atoms with E-state index in [-0.39, 0.29) is 5.82 Å². The molecule has 96 valence electrons. The van der Waals surface area contributed by atoms with Crippen molar-refractivity contribution in [2.45, 2.75) is 13.3 Å². The second kappa shape index (κ2) is 4.87. The van der Waals surface area contributed by atoms with Crippen molar-refractivity contribution in [2.75, 3.05) is 0 Å². The highest BCUT2D eigenvalue weighted by Crippen LogP contribution is 2.28. The Morgan fingerprint density at radius 2 is 2.05 bits per heavy atom. The third kappa shape index (κ3) is 2.46. The molecule has 19 heavy (non-hydrogen) atoms. The topological polar surface area (TPSA) is 25.8 Å². The maximum absolute atomic E-state index is 13.6. The molecule has 1 aromatic carbocycles. The number of hydrogen-bond acceptors (Lipinski definition) is 3. The predicted molar refractivity (Wildman–Crippen MR) is 76.4 cm³/mol. The summed E-state index contributed by atoms with van der Waals surface area (Å²) in [5.41, 5.74) is 0.575. The molecule has 0 saturated heterocycles. The fourth-order valence-corrected chi connectivity index (χ4v) is 3.14. The van der Waals surface area contributed by atoms with Gasteiger partial charge in [-0.3, -0.25) is 0 Å². The molecule has 3 rings (SSSR count). The first-order chi connectivity index (χ1) is 9.13. The van der Waals surface area contributed by atoms with Crippen molar-refractivity contribution in [1.82, 2.24) is 9.97 Å². The summed E-state index contributed by atoms with van der Waals surface area (Å²) < 4.78 is 13.6. The normalized spacial score (nSPS) is 11.1. The number of rotatable bonds is 2. The quantitative estimate of drug-likeness (QED) is 0.655. The van der Waals surface area contributed by atoms with E-state index < -0.39 is 0 Å². The third-order valence-electron chi connectivity index (χ3n) is 2.82. The van der Waals surface area contributed by atoms with Crippen LogP contribution >= 0.6 is 22.9 Å². The standard InChI is InChI=1S/C14H10ClFN2S/c1-8-6-10-13(15)17-12(18-14(10)19-8)7-9-4-2-3-5-11(9)16/h2-6H,7H2,1H3. The second-order valence-corrected chi connectivity index (χ2v) is 5.87. The molecule has 0 spiro atoms. The number of aromatic nitrogens is 2. The van der Waals surface area contributed by atoms with E-state index in [2.05, 4.69) is 9.97 Å². The van der Waals surface area contributed by atoms with Gasteiger partial charge in [0.1, 0.15) is 21.6 Å². The summed E-state index contributed by atoms with van der Waals surface area (Å²) in [6.07, 6.45) is 0.347. The van der Waals surface area contributed by atoms with Gasteiger partial charge in [-0.2, -0.15) is 0 Å². The maximum atomic E-state index is 13.6. The first-order valence-corrected chi connectivity index (χ1v) is 6.99. The summed E-state index contributed by atoms with van der Waals surface area (Å²) in [6, 6.07) is 8.60. The van der Waals surface area contributed by atoms with Gasteiger partial charge in [0.25, 0.3) is 0 Å². The van der Waals surface area contributed by atoms with Crippen LogP contribution in [0.4, 0.5) is 4.39 Å². The molecular formula is C14H10ClFN2S. The zero-order valence-corrected chi connectivity index (χ0v) is 11.7. The lowest BCUT2D eigenvalue weighted by molar-refractivity contribution is 0.612. The van der Waals surface area contributed by atoms with Crippen molar-refractivity contribution < 1.29 is 4.39 Å². The Morgan fingerprint density at radius 3 is 2.84 bits per heavy atom. The van der Waals surface area contributed by atoms with E-state index in [0.29, 0.717) is 23.0 Å². The lowest BCUT2D eigenvalue weighted by Gasteiger charge is -2.03. The highest BCUT2D eigenvalue weighted by molar-refractivity contribution is 7.18. The van der Waals surface area contributed by atoms with Gasteiger partial charge in [0, 0.05) is 16.7 Å². The van der Waals surface area contributed by atoms with Crippen LogP contribution in [0.25, 0.3) is 10.2 Å². The van der Waals surface area contributed by atoms with Gasteiger partial charge < -0.3 is 0 Å². The van der Waals surface area contributed by atoms with E-state index >= 15 is 0 Å². The van der Waals surface area contributed by atoms with Crippen molar-refractivity contribution >= 4 is 33.2 Å². The molecule has 2 aromatic heterocycles. The molecule has 0 aliphatic rings. The van der Waals surface area contributed by atoms with Crippen molar-refractivity contribution in [2.24, 2.45) is 0 Å². The van der Waals surface area contributed by atoms with Crippen LogP contribution in [-0.4, -0.2) is 9.97 Å². The summed E-state index contributed by atoms with van der Waals surface area (Å²) >= 11 is 7.71. The molecule has 0 radical (unpaired) electrons. The number of fused-ring (bicyclic) bond motifs is 1. The van der Waals surface area contributed by atoms with Crippen LogP contribution in [0.15, 0.2) is 30.3 Å². The summed E-state index contributed by atoms with van der Waals surface area (Å²) in [5, 5.41) is 1.29. The Morgan fingerprint density at radius 1 is 1.26 bits per heavy atom. The molecule has 0 aliphatic heterocycles. The average molecular weight is 293 g/mol. The molecule has 5 heteroatoms. The molecule has 0 amide bonds. The van der Waals surface area contributed by atoms with Crippen LogP contribution in [0.2, 0.25) is 5.15 Å². The van der Waals surface area contributed by atoms with E-state index in [1.165, 1.54) is 6.07 Å². The smallest absolute Gasteiger partial charge is 0.141 e. The SMILES string of the molecule is Cc1cc2c(Cl)nc(Cc3ccccc3F)nc2s1. The minimum atomic E-state index is -0.246. The van der Waals surface area contributed by atoms with Crippen LogP contribution in [0.5, 0.6) is 0 Å². The Labute approximate surface area is 118 Å². The Kier molecular flexibility index (Phi) is 3.21. The van der Waals surface area contributed by atoms with E-state index in [1.54, 1.807) is 29.5 Å². The van der Waals surface area contributed by atoms with Crippen molar-refractivity contribution in [3.63, 3.8) is 0 Å². The van der Waals surface area contributed by atoms with Gasteiger partial charge in [0.15, 0.2) is 0 Å². The fourth-order valence-electron chi connectivity index (χ4n) is 1.94. The molecule has 0 unspecified atom stereocenters. The van der Waals surface area contributed by atoms with Crippen LogP contribution in [0, 0.1) is 12.7 Å². The van der Waals surface area contributed by atoms with E-state index in [1.807, 2.05) is 13.0 Å². The first-order valence-electron chi connectivity index (χ1n) is 5.79. The van der Waals surface area contributed by atoms with Gasteiger partial charge in [0.05, 0.1) is 0 Å². The molecule has 0 fully saturated rings. The summed E-state index contributed by atoms with van der Waals surface area (Å²) in [6.45, 7) is 2.00. The molecule has 0 saturated carbocycles. The van der Waals surface area contributed by atoms with Crippen molar-refractivity contribution in [1.29, 1.82) is 0 Å². The number of aryl methyl sites for hydroxylation is 1. The van der Waals surface area contributed by atoms with Gasteiger partial charge in [-0.05, 0) is 24.6 Å². The van der Waals surface area contributed by atoms with Gasteiger partial charge in [-0.25, -0.2) is 14.4 Å². The summed E-state index contributed by atoms with van der Waals surface area (Å²) in [5.74, 6) is 0.300.